The van der Waals surface area contributed by atoms with Crippen LogP contribution in [0.25, 0.3) is 0 Å². The van der Waals surface area contributed by atoms with Crippen LogP contribution in [0.4, 0.5) is 0 Å². The lowest BCUT2D eigenvalue weighted by molar-refractivity contribution is -0.122. The molecule has 0 aliphatic heterocycles. The smallest absolute Gasteiger partial charge is 0.253 e. The average molecular weight is 341 g/mol. The van der Waals surface area contributed by atoms with Crippen LogP contribution in [-0.2, 0) is 11.3 Å². The van der Waals surface area contributed by atoms with E-state index >= 15 is 0 Å². The van der Waals surface area contributed by atoms with E-state index in [1.54, 1.807) is 25.1 Å². The van der Waals surface area contributed by atoms with Crippen LogP contribution in [0.3, 0.4) is 0 Å². The van der Waals surface area contributed by atoms with Crippen molar-refractivity contribution in [3.8, 4) is 0 Å². The first-order valence-corrected chi connectivity index (χ1v) is 7.29. The van der Waals surface area contributed by atoms with Crippen LogP contribution >= 0.6 is 23.2 Å². The highest BCUT2D eigenvalue weighted by Crippen LogP contribution is 2.20. The van der Waals surface area contributed by atoms with E-state index in [-0.39, 0.29) is 23.0 Å². The predicted molar refractivity (Wildman–Crippen MR) is 83.9 cm³/mol. The fourth-order valence-corrected chi connectivity index (χ4v) is 2.25. The van der Waals surface area contributed by atoms with Crippen molar-refractivity contribution in [3.05, 3.63) is 58.0 Å². The van der Waals surface area contributed by atoms with Gasteiger partial charge >= 0.3 is 0 Å². The molecule has 0 spiro atoms. The Morgan fingerprint density at radius 1 is 1.27 bits per heavy atom. The van der Waals surface area contributed by atoms with Gasteiger partial charge in [0.2, 0.25) is 5.91 Å². The highest BCUT2D eigenvalue weighted by atomic mass is 35.5. The fourth-order valence-electron chi connectivity index (χ4n) is 1.75. The molecule has 0 unspecified atom stereocenters. The molecule has 116 valence electrons. The first-order chi connectivity index (χ1) is 10.5. The van der Waals surface area contributed by atoms with Crippen LogP contribution in [0.1, 0.15) is 23.0 Å². The minimum absolute atomic E-state index is 0.230. The van der Waals surface area contributed by atoms with Crippen molar-refractivity contribution >= 4 is 35.0 Å². The van der Waals surface area contributed by atoms with Crippen molar-refractivity contribution in [3.63, 3.8) is 0 Å². The second-order valence-corrected chi connectivity index (χ2v) is 5.46. The maximum Gasteiger partial charge on any atom is 0.253 e. The standard InChI is InChI=1S/C15H14Cl2N2O3/c1-9(14(20)18-8-11-3-2-6-22-11)19-15(21)12-5-4-10(16)7-13(12)17/h2-7,9H,8H2,1H3,(H,18,20)(H,19,21)/t9-/m0/s1. The SMILES string of the molecule is C[C@H](NC(=O)c1ccc(Cl)cc1Cl)C(=O)NCc1ccco1. The minimum atomic E-state index is -0.714. The lowest BCUT2D eigenvalue weighted by atomic mass is 10.2. The van der Waals surface area contributed by atoms with Crippen molar-refractivity contribution in [2.75, 3.05) is 0 Å². The molecule has 1 heterocycles. The summed E-state index contributed by atoms with van der Waals surface area (Å²) in [4.78, 5) is 24.0. The molecule has 2 N–H and O–H groups in total. The number of rotatable bonds is 5. The normalized spacial score (nSPS) is 11.8. The molecule has 1 atom stereocenters. The van der Waals surface area contributed by atoms with Gasteiger partial charge in [0.05, 0.1) is 23.4 Å². The predicted octanol–water partition coefficient (Wildman–Crippen LogP) is 3.02. The Bertz CT molecular complexity index is 671. The zero-order valence-corrected chi connectivity index (χ0v) is 13.2. The van der Waals surface area contributed by atoms with E-state index in [9.17, 15) is 9.59 Å². The summed E-state index contributed by atoms with van der Waals surface area (Å²) in [5.41, 5.74) is 0.261. The zero-order chi connectivity index (χ0) is 16.1. The molecule has 2 amide bonds. The van der Waals surface area contributed by atoms with E-state index in [1.165, 1.54) is 18.4 Å². The number of halogens is 2. The molecule has 0 aliphatic rings. The van der Waals surface area contributed by atoms with Gasteiger partial charge in [-0.3, -0.25) is 9.59 Å². The number of nitrogens with one attached hydrogen (secondary N) is 2. The Kier molecular flexibility index (Phi) is 5.46. The number of carbonyl (C=O) groups is 2. The second kappa shape index (κ2) is 7.33. The summed E-state index contributed by atoms with van der Waals surface area (Å²) < 4.78 is 5.11. The molecule has 0 saturated heterocycles. The van der Waals surface area contributed by atoms with Crippen molar-refractivity contribution < 1.29 is 14.0 Å². The lowest BCUT2D eigenvalue weighted by Crippen LogP contribution is -2.44. The number of furan rings is 1. The van der Waals surface area contributed by atoms with Crippen molar-refractivity contribution in [2.24, 2.45) is 0 Å². The van der Waals surface area contributed by atoms with Crippen molar-refractivity contribution in [1.29, 1.82) is 0 Å². The first-order valence-electron chi connectivity index (χ1n) is 6.53. The quantitative estimate of drug-likeness (QED) is 0.878. The summed E-state index contributed by atoms with van der Waals surface area (Å²) in [5, 5.41) is 5.91. The van der Waals surface area contributed by atoms with Gasteiger partial charge in [0.15, 0.2) is 0 Å². The van der Waals surface area contributed by atoms with Gasteiger partial charge in [-0.15, -0.1) is 0 Å². The van der Waals surface area contributed by atoms with E-state index in [4.69, 9.17) is 27.6 Å². The highest BCUT2D eigenvalue weighted by molar-refractivity contribution is 6.36. The highest BCUT2D eigenvalue weighted by Gasteiger charge is 2.18. The van der Waals surface area contributed by atoms with Gasteiger partial charge in [-0.2, -0.15) is 0 Å². The maximum absolute atomic E-state index is 12.1. The number of benzene rings is 1. The average Bonchev–Trinajstić information content (AvgIpc) is 2.97. The Morgan fingerprint density at radius 2 is 2.05 bits per heavy atom. The van der Waals surface area contributed by atoms with E-state index in [0.29, 0.717) is 10.8 Å². The van der Waals surface area contributed by atoms with Crippen LogP contribution in [0.5, 0.6) is 0 Å². The number of hydrogen-bond acceptors (Lipinski definition) is 3. The number of amides is 2. The maximum atomic E-state index is 12.1. The second-order valence-electron chi connectivity index (χ2n) is 4.62. The summed E-state index contributed by atoms with van der Waals surface area (Å²) >= 11 is 11.7. The summed E-state index contributed by atoms with van der Waals surface area (Å²) in [6.45, 7) is 1.84. The van der Waals surface area contributed by atoms with Crippen LogP contribution in [0.15, 0.2) is 41.0 Å². The molecule has 7 heteroatoms. The molecule has 0 bridgehead atoms. The third-order valence-corrected chi connectivity index (χ3v) is 3.48. The molecule has 2 rings (SSSR count). The Morgan fingerprint density at radius 3 is 2.68 bits per heavy atom. The van der Waals surface area contributed by atoms with E-state index < -0.39 is 11.9 Å². The van der Waals surface area contributed by atoms with Gasteiger partial charge in [0.1, 0.15) is 11.8 Å². The molecule has 0 aliphatic carbocycles. The van der Waals surface area contributed by atoms with Gasteiger partial charge in [-0.25, -0.2) is 0 Å². The first kappa shape index (κ1) is 16.4. The van der Waals surface area contributed by atoms with E-state index in [1.807, 2.05) is 0 Å². The topological polar surface area (TPSA) is 71.3 Å². The minimum Gasteiger partial charge on any atom is -0.467 e. The largest absolute Gasteiger partial charge is 0.467 e. The third kappa shape index (κ3) is 4.26. The van der Waals surface area contributed by atoms with Gasteiger partial charge in [0, 0.05) is 5.02 Å². The third-order valence-electron chi connectivity index (χ3n) is 2.93. The lowest BCUT2D eigenvalue weighted by Gasteiger charge is -2.14. The fraction of sp³-hybridized carbons (Fsp3) is 0.200. The van der Waals surface area contributed by atoms with E-state index in [0.717, 1.165) is 0 Å². The monoisotopic (exact) mass is 340 g/mol. The van der Waals surface area contributed by atoms with Crippen molar-refractivity contribution in [1.82, 2.24) is 10.6 Å². The van der Waals surface area contributed by atoms with Crippen LogP contribution in [0.2, 0.25) is 10.0 Å². The Balaban J connectivity index is 1.91. The molecule has 0 saturated carbocycles. The van der Waals surface area contributed by atoms with E-state index in [2.05, 4.69) is 10.6 Å². The van der Waals surface area contributed by atoms with Gasteiger partial charge in [-0.1, -0.05) is 23.2 Å². The van der Waals surface area contributed by atoms with Crippen molar-refractivity contribution in [2.45, 2.75) is 19.5 Å². The Labute approximate surface area is 137 Å². The molecule has 1 aromatic carbocycles. The molecule has 22 heavy (non-hydrogen) atoms. The van der Waals surface area contributed by atoms with Crippen LogP contribution in [-0.4, -0.2) is 17.9 Å². The molecular weight excluding hydrogens is 327 g/mol. The summed E-state index contributed by atoms with van der Waals surface area (Å²) in [6.07, 6.45) is 1.52. The molecular formula is C15H14Cl2N2O3. The summed E-state index contributed by atoms with van der Waals surface area (Å²) in [6, 6.07) is 7.30. The summed E-state index contributed by atoms with van der Waals surface area (Å²) in [5.74, 6) is -0.134. The van der Waals surface area contributed by atoms with Crippen LogP contribution in [0, 0.1) is 0 Å². The molecule has 2 aromatic rings. The summed E-state index contributed by atoms with van der Waals surface area (Å²) in [7, 11) is 0. The zero-order valence-electron chi connectivity index (χ0n) is 11.7. The van der Waals surface area contributed by atoms with Crippen LogP contribution < -0.4 is 10.6 Å². The Hall–Kier alpha value is -1.98. The van der Waals surface area contributed by atoms with Gasteiger partial charge in [-0.05, 0) is 37.3 Å². The molecule has 1 aromatic heterocycles. The molecule has 5 nitrogen and oxygen atoms in total. The number of hydrogen-bond donors (Lipinski definition) is 2. The molecule has 0 fully saturated rings. The molecule has 0 radical (unpaired) electrons. The van der Waals surface area contributed by atoms with Gasteiger partial charge < -0.3 is 15.1 Å². The number of carbonyl (C=O) groups excluding carboxylic acids is 2. The van der Waals surface area contributed by atoms with Gasteiger partial charge in [0.25, 0.3) is 5.91 Å².